The van der Waals surface area contributed by atoms with E-state index in [0.717, 1.165) is 16.5 Å². The van der Waals surface area contributed by atoms with Crippen molar-refractivity contribution < 1.29 is 9.53 Å². The van der Waals surface area contributed by atoms with E-state index in [1.165, 1.54) is 7.11 Å². The molecule has 0 aromatic heterocycles. The monoisotopic (exact) mass is 299 g/mol. The lowest BCUT2D eigenvalue weighted by Crippen LogP contribution is -2.35. The molecule has 94 valence electrons. The first-order chi connectivity index (χ1) is 8.08. The number of carbonyl (C=O) groups excluding carboxylic acids is 1. The van der Waals surface area contributed by atoms with Gasteiger partial charge in [0.15, 0.2) is 0 Å². The molecule has 0 aliphatic carbocycles. The Kier molecular flexibility index (Phi) is 5.65. The molecule has 0 heterocycles. The summed E-state index contributed by atoms with van der Waals surface area (Å²) in [7, 11) is 1.41. The first-order valence-electron chi connectivity index (χ1n) is 5.67. The lowest BCUT2D eigenvalue weighted by molar-refractivity contribution is -0.143. The predicted molar refractivity (Wildman–Crippen MR) is 71.8 cm³/mol. The first kappa shape index (κ1) is 14.2. The van der Waals surface area contributed by atoms with Gasteiger partial charge >= 0.3 is 5.97 Å². The van der Waals surface area contributed by atoms with Crippen molar-refractivity contribution in [3.8, 4) is 0 Å². The summed E-state index contributed by atoms with van der Waals surface area (Å²) in [6, 6.07) is 7.54. The minimum atomic E-state index is -0.410. The van der Waals surface area contributed by atoms with Crippen molar-refractivity contribution in [2.24, 2.45) is 0 Å². The number of hydrogen-bond donors (Lipinski definition) is 1. The van der Waals surface area contributed by atoms with Gasteiger partial charge in [0.05, 0.1) is 7.11 Å². The van der Waals surface area contributed by atoms with Crippen molar-refractivity contribution in [3.63, 3.8) is 0 Å². The van der Waals surface area contributed by atoms with Gasteiger partial charge in [0.1, 0.15) is 6.04 Å². The summed E-state index contributed by atoms with van der Waals surface area (Å²) in [6.45, 7) is 4.13. The van der Waals surface area contributed by atoms with E-state index in [2.05, 4.69) is 28.2 Å². The smallest absolute Gasteiger partial charge is 0.327 e. The maximum atomic E-state index is 11.8. The average molecular weight is 300 g/mol. The molecule has 1 N–H and O–H groups in total. The van der Waals surface area contributed by atoms with Crippen LogP contribution < -0.4 is 5.32 Å². The number of carbonyl (C=O) groups is 1. The van der Waals surface area contributed by atoms with Crippen LogP contribution in [0.4, 0.5) is 0 Å². The SMILES string of the molecule is CCC(C)NC(C(=O)OC)c1cccc(Br)c1. The number of esters is 1. The third-order valence-electron chi connectivity index (χ3n) is 2.68. The van der Waals surface area contributed by atoms with Gasteiger partial charge in [0.25, 0.3) is 0 Å². The third-order valence-corrected chi connectivity index (χ3v) is 3.18. The van der Waals surface area contributed by atoms with E-state index in [1.54, 1.807) is 0 Å². The molecular weight excluding hydrogens is 282 g/mol. The third kappa shape index (κ3) is 4.13. The fourth-order valence-corrected chi connectivity index (χ4v) is 1.92. The second-order valence-corrected chi connectivity index (χ2v) is 4.90. The molecule has 1 aromatic rings. The van der Waals surface area contributed by atoms with Crippen LogP contribution in [0.2, 0.25) is 0 Å². The molecule has 4 heteroatoms. The van der Waals surface area contributed by atoms with Crippen LogP contribution in [0.25, 0.3) is 0 Å². The highest BCUT2D eigenvalue weighted by Crippen LogP contribution is 2.20. The van der Waals surface area contributed by atoms with Gasteiger partial charge in [0, 0.05) is 10.5 Å². The fraction of sp³-hybridized carbons (Fsp3) is 0.462. The van der Waals surface area contributed by atoms with Crippen LogP contribution in [0.3, 0.4) is 0 Å². The number of ether oxygens (including phenoxy) is 1. The Bertz CT molecular complexity index is 381. The normalized spacial score (nSPS) is 14.1. The summed E-state index contributed by atoms with van der Waals surface area (Å²) in [6.07, 6.45) is 0.960. The van der Waals surface area contributed by atoms with E-state index in [4.69, 9.17) is 4.74 Å². The summed E-state index contributed by atoms with van der Waals surface area (Å²) in [5, 5.41) is 3.27. The van der Waals surface area contributed by atoms with Crippen molar-refractivity contribution in [1.82, 2.24) is 5.32 Å². The second kappa shape index (κ2) is 6.77. The molecule has 0 radical (unpaired) electrons. The van der Waals surface area contributed by atoms with Crippen molar-refractivity contribution >= 4 is 21.9 Å². The van der Waals surface area contributed by atoms with Gasteiger partial charge in [-0.2, -0.15) is 0 Å². The van der Waals surface area contributed by atoms with E-state index >= 15 is 0 Å². The molecule has 0 spiro atoms. The first-order valence-corrected chi connectivity index (χ1v) is 6.47. The highest BCUT2D eigenvalue weighted by atomic mass is 79.9. The Morgan fingerprint density at radius 1 is 1.53 bits per heavy atom. The standard InChI is InChI=1S/C13H18BrNO2/c1-4-9(2)15-12(13(16)17-3)10-6-5-7-11(14)8-10/h5-9,12,15H,4H2,1-3H3. The molecule has 2 unspecified atom stereocenters. The summed E-state index contributed by atoms with van der Waals surface area (Å²) < 4.78 is 5.79. The van der Waals surface area contributed by atoms with Crippen LogP contribution >= 0.6 is 15.9 Å². The van der Waals surface area contributed by atoms with E-state index in [1.807, 2.05) is 31.2 Å². The Balaban J connectivity index is 2.93. The van der Waals surface area contributed by atoms with Gasteiger partial charge in [-0.15, -0.1) is 0 Å². The fourth-order valence-electron chi connectivity index (χ4n) is 1.51. The predicted octanol–water partition coefficient (Wildman–Crippen LogP) is 3.05. The number of rotatable bonds is 5. The number of halogens is 1. The number of hydrogen-bond acceptors (Lipinski definition) is 3. The maximum Gasteiger partial charge on any atom is 0.327 e. The Morgan fingerprint density at radius 3 is 2.76 bits per heavy atom. The highest BCUT2D eigenvalue weighted by Gasteiger charge is 2.22. The molecule has 3 nitrogen and oxygen atoms in total. The topological polar surface area (TPSA) is 38.3 Å². The molecule has 0 aliphatic rings. The quantitative estimate of drug-likeness (QED) is 0.849. The molecule has 0 aliphatic heterocycles. The van der Waals surface area contributed by atoms with E-state index in [0.29, 0.717) is 0 Å². The van der Waals surface area contributed by atoms with Crippen LogP contribution in [-0.4, -0.2) is 19.1 Å². The van der Waals surface area contributed by atoms with Crippen LogP contribution in [0.15, 0.2) is 28.7 Å². The largest absolute Gasteiger partial charge is 0.468 e. The number of benzene rings is 1. The number of methoxy groups -OCH3 is 1. The van der Waals surface area contributed by atoms with Crippen LogP contribution in [0.5, 0.6) is 0 Å². The molecule has 2 atom stereocenters. The molecule has 0 saturated heterocycles. The molecule has 1 rings (SSSR count). The van der Waals surface area contributed by atoms with Crippen LogP contribution in [-0.2, 0) is 9.53 Å². The minimum Gasteiger partial charge on any atom is -0.468 e. The summed E-state index contributed by atoms with van der Waals surface area (Å²) in [5.41, 5.74) is 0.909. The molecule has 0 bridgehead atoms. The van der Waals surface area contributed by atoms with Gasteiger partial charge in [-0.05, 0) is 31.0 Å². The lowest BCUT2D eigenvalue weighted by atomic mass is 10.1. The zero-order valence-electron chi connectivity index (χ0n) is 10.4. The van der Waals surface area contributed by atoms with Crippen molar-refractivity contribution in [2.45, 2.75) is 32.4 Å². The van der Waals surface area contributed by atoms with Crippen LogP contribution in [0.1, 0.15) is 31.9 Å². The molecule has 17 heavy (non-hydrogen) atoms. The van der Waals surface area contributed by atoms with Gasteiger partial charge in [-0.1, -0.05) is 35.0 Å². The molecular formula is C13H18BrNO2. The van der Waals surface area contributed by atoms with Gasteiger partial charge in [-0.25, -0.2) is 4.79 Å². The Labute approximate surface area is 111 Å². The maximum absolute atomic E-state index is 11.8. The van der Waals surface area contributed by atoms with E-state index in [9.17, 15) is 4.79 Å². The van der Waals surface area contributed by atoms with Gasteiger partial charge in [0.2, 0.25) is 0 Å². The highest BCUT2D eigenvalue weighted by molar-refractivity contribution is 9.10. The number of nitrogens with one attached hydrogen (secondary N) is 1. The Morgan fingerprint density at radius 2 is 2.24 bits per heavy atom. The van der Waals surface area contributed by atoms with E-state index in [-0.39, 0.29) is 12.0 Å². The molecule has 0 amide bonds. The van der Waals surface area contributed by atoms with Crippen molar-refractivity contribution in [2.75, 3.05) is 7.11 Å². The average Bonchev–Trinajstić information content (AvgIpc) is 2.34. The van der Waals surface area contributed by atoms with Gasteiger partial charge in [-0.3, -0.25) is 5.32 Å². The summed E-state index contributed by atoms with van der Waals surface area (Å²) in [5.74, 6) is -0.261. The van der Waals surface area contributed by atoms with E-state index < -0.39 is 6.04 Å². The zero-order valence-corrected chi connectivity index (χ0v) is 12.0. The minimum absolute atomic E-state index is 0.261. The zero-order chi connectivity index (χ0) is 12.8. The summed E-state index contributed by atoms with van der Waals surface area (Å²) in [4.78, 5) is 11.8. The van der Waals surface area contributed by atoms with Crippen molar-refractivity contribution in [1.29, 1.82) is 0 Å². The van der Waals surface area contributed by atoms with Crippen LogP contribution in [0, 0.1) is 0 Å². The molecule has 0 fully saturated rings. The Hall–Kier alpha value is -0.870. The second-order valence-electron chi connectivity index (χ2n) is 3.99. The molecule has 1 aromatic carbocycles. The van der Waals surface area contributed by atoms with Crippen molar-refractivity contribution in [3.05, 3.63) is 34.3 Å². The van der Waals surface area contributed by atoms with Gasteiger partial charge < -0.3 is 4.74 Å². The molecule has 0 saturated carbocycles. The lowest BCUT2D eigenvalue weighted by Gasteiger charge is -2.21. The summed E-state index contributed by atoms with van der Waals surface area (Å²) >= 11 is 3.40.